The summed E-state index contributed by atoms with van der Waals surface area (Å²) in [5.41, 5.74) is 0.556. The summed E-state index contributed by atoms with van der Waals surface area (Å²) in [5.74, 6) is -0.372. The third-order valence-corrected chi connectivity index (χ3v) is 3.94. The second-order valence-electron chi connectivity index (χ2n) is 5.87. The zero-order valence-corrected chi connectivity index (χ0v) is 13.3. The third-order valence-electron chi connectivity index (χ3n) is 3.94. The van der Waals surface area contributed by atoms with Crippen molar-refractivity contribution in [3.05, 3.63) is 23.9 Å². The fraction of sp³-hybridized carbons (Fsp3) is 0.588. The summed E-state index contributed by atoms with van der Waals surface area (Å²) in [4.78, 5) is 26.6. The maximum absolute atomic E-state index is 12.1. The van der Waals surface area contributed by atoms with Gasteiger partial charge in [0.25, 0.3) is 5.91 Å². The predicted molar refractivity (Wildman–Crippen MR) is 85.6 cm³/mol. The smallest absolute Gasteiger partial charge is 0.303 e. The number of carbonyl (C=O) groups is 2. The minimum Gasteiger partial charge on any atom is -0.481 e. The lowest BCUT2D eigenvalue weighted by Crippen LogP contribution is -2.26. The second-order valence-corrected chi connectivity index (χ2v) is 5.87. The van der Waals surface area contributed by atoms with Gasteiger partial charge in [-0.25, -0.2) is 4.98 Å². The molecule has 1 amide bonds. The van der Waals surface area contributed by atoms with E-state index in [2.05, 4.69) is 10.3 Å². The third kappa shape index (κ3) is 6.26. The molecule has 1 fully saturated rings. The number of rotatable bonds is 10. The molecule has 0 aliphatic heterocycles. The van der Waals surface area contributed by atoms with E-state index >= 15 is 0 Å². The first kappa shape index (κ1) is 17.2. The quantitative estimate of drug-likeness (QED) is 0.647. The Labute approximate surface area is 136 Å². The molecule has 2 N–H and O–H groups in total. The van der Waals surface area contributed by atoms with Gasteiger partial charge in [0.2, 0.25) is 5.88 Å². The van der Waals surface area contributed by atoms with Gasteiger partial charge in [-0.2, -0.15) is 0 Å². The van der Waals surface area contributed by atoms with Gasteiger partial charge in [0, 0.05) is 30.8 Å². The highest BCUT2D eigenvalue weighted by molar-refractivity contribution is 5.94. The molecule has 0 aromatic carbocycles. The van der Waals surface area contributed by atoms with Crippen molar-refractivity contribution in [2.24, 2.45) is 0 Å². The van der Waals surface area contributed by atoms with E-state index in [1.807, 2.05) is 0 Å². The number of aliphatic carboxylic acids is 1. The lowest BCUT2D eigenvalue weighted by molar-refractivity contribution is -0.137. The van der Waals surface area contributed by atoms with Crippen molar-refractivity contribution in [1.29, 1.82) is 0 Å². The van der Waals surface area contributed by atoms with Gasteiger partial charge >= 0.3 is 5.97 Å². The molecule has 126 valence electrons. The molecule has 1 heterocycles. The Balaban J connectivity index is 1.64. The largest absolute Gasteiger partial charge is 0.481 e. The van der Waals surface area contributed by atoms with Crippen LogP contribution in [0.2, 0.25) is 0 Å². The van der Waals surface area contributed by atoms with Crippen LogP contribution in [0.1, 0.15) is 61.7 Å². The Morgan fingerprint density at radius 2 is 2.04 bits per heavy atom. The number of unbranched alkanes of at least 4 members (excludes halogenated alkanes) is 3. The van der Waals surface area contributed by atoms with Crippen LogP contribution in [0.25, 0.3) is 0 Å². The first-order chi connectivity index (χ1) is 11.1. The summed E-state index contributed by atoms with van der Waals surface area (Å²) in [6.45, 7) is 0.590. The number of aromatic nitrogens is 1. The maximum atomic E-state index is 12.1. The maximum Gasteiger partial charge on any atom is 0.303 e. The Bertz CT molecular complexity index is 529. The second kappa shape index (κ2) is 9.12. The molecule has 1 aromatic heterocycles. The van der Waals surface area contributed by atoms with Gasteiger partial charge in [-0.05, 0) is 38.2 Å². The average Bonchev–Trinajstić information content (AvgIpc) is 2.50. The Morgan fingerprint density at radius 3 is 2.74 bits per heavy atom. The van der Waals surface area contributed by atoms with Crippen molar-refractivity contribution in [2.45, 2.75) is 57.5 Å². The van der Waals surface area contributed by atoms with E-state index in [4.69, 9.17) is 9.84 Å². The van der Waals surface area contributed by atoms with Crippen molar-refractivity contribution < 1.29 is 19.4 Å². The number of nitrogens with one attached hydrogen (secondary N) is 1. The number of carboxylic acid groups (broad SMARTS) is 1. The summed E-state index contributed by atoms with van der Waals surface area (Å²) in [7, 11) is 0. The highest BCUT2D eigenvalue weighted by Crippen LogP contribution is 2.24. The predicted octanol–water partition coefficient (Wildman–Crippen LogP) is 2.78. The van der Waals surface area contributed by atoms with E-state index in [1.165, 1.54) is 6.42 Å². The number of amides is 1. The molecular weight excluding hydrogens is 296 g/mol. The summed E-state index contributed by atoms with van der Waals surface area (Å²) in [6, 6.07) is 3.36. The Morgan fingerprint density at radius 1 is 1.26 bits per heavy atom. The van der Waals surface area contributed by atoms with E-state index in [1.54, 1.807) is 18.3 Å². The number of nitrogens with zero attached hydrogens (tertiary/aromatic N) is 1. The Hall–Kier alpha value is -2.11. The lowest BCUT2D eigenvalue weighted by atomic mass is 9.96. The van der Waals surface area contributed by atoms with Gasteiger partial charge in [0.05, 0.1) is 0 Å². The monoisotopic (exact) mass is 320 g/mol. The number of carboxylic acids is 1. The van der Waals surface area contributed by atoms with E-state index in [0.29, 0.717) is 24.4 Å². The summed E-state index contributed by atoms with van der Waals surface area (Å²) >= 11 is 0. The van der Waals surface area contributed by atoms with E-state index < -0.39 is 5.97 Å². The van der Waals surface area contributed by atoms with Crippen molar-refractivity contribution in [1.82, 2.24) is 10.3 Å². The van der Waals surface area contributed by atoms with Crippen LogP contribution in [0.3, 0.4) is 0 Å². The van der Waals surface area contributed by atoms with Crippen LogP contribution in [-0.4, -0.2) is 34.6 Å². The first-order valence-electron chi connectivity index (χ1n) is 8.28. The molecular formula is C17H24N2O4. The highest BCUT2D eigenvalue weighted by Gasteiger charge is 2.20. The number of ether oxygens (including phenoxy) is 1. The molecule has 0 unspecified atom stereocenters. The molecule has 23 heavy (non-hydrogen) atoms. The number of carbonyl (C=O) groups excluding carboxylic acids is 1. The van der Waals surface area contributed by atoms with Crippen LogP contribution in [0, 0.1) is 0 Å². The van der Waals surface area contributed by atoms with E-state index in [9.17, 15) is 9.59 Å². The van der Waals surface area contributed by atoms with Gasteiger partial charge < -0.3 is 15.2 Å². The first-order valence-corrected chi connectivity index (χ1v) is 8.28. The minimum atomic E-state index is -0.754. The molecule has 1 aromatic rings. The van der Waals surface area contributed by atoms with Crippen molar-refractivity contribution >= 4 is 11.9 Å². The van der Waals surface area contributed by atoms with Gasteiger partial charge in [0.1, 0.15) is 6.10 Å². The fourth-order valence-electron chi connectivity index (χ4n) is 2.33. The molecule has 1 saturated carbocycles. The van der Waals surface area contributed by atoms with E-state index in [-0.39, 0.29) is 18.4 Å². The van der Waals surface area contributed by atoms with Gasteiger partial charge in [-0.3, -0.25) is 9.59 Å². The van der Waals surface area contributed by atoms with Crippen molar-refractivity contribution in [2.75, 3.05) is 6.54 Å². The molecule has 0 bridgehead atoms. The van der Waals surface area contributed by atoms with Crippen molar-refractivity contribution in [3.63, 3.8) is 0 Å². The fourth-order valence-corrected chi connectivity index (χ4v) is 2.33. The van der Waals surface area contributed by atoms with Crippen LogP contribution >= 0.6 is 0 Å². The zero-order chi connectivity index (χ0) is 16.5. The highest BCUT2D eigenvalue weighted by atomic mass is 16.5. The number of hydrogen-bond donors (Lipinski definition) is 2. The van der Waals surface area contributed by atoms with Crippen LogP contribution in [0.15, 0.2) is 18.3 Å². The molecule has 0 radical (unpaired) electrons. The minimum absolute atomic E-state index is 0.128. The molecule has 0 atom stereocenters. The summed E-state index contributed by atoms with van der Waals surface area (Å²) < 4.78 is 5.69. The van der Waals surface area contributed by atoms with Gasteiger partial charge in [-0.1, -0.05) is 12.8 Å². The van der Waals surface area contributed by atoms with E-state index in [0.717, 1.165) is 32.1 Å². The van der Waals surface area contributed by atoms with Gasteiger partial charge in [-0.15, -0.1) is 0 Å². The average molecular weight is 320 g/mol. The van der Waals surface area contributed by atoms with Crippen LogP contribution in [0.5, 0.6) is 5.88 Å². The molecule has 1 aliphatic rings. The summed E-state index contributed by atoms with van der Waals surface area (Å²) in [6.07, 6.45) is 8.68. The normalized spacial score (nSPS) is 14.1. The zero-order valence-electron chi connectivity index (χ0n) is 13.3. The molecule has 6 nitrogen and oxygen atoms in total. The molecule has 6 heteroatoms. The number of hydrogen-bond acceptors (Lipinski definition) is 4. The van der Waals surface area contributed by atoms with Crippen LogP contribution in [-0.2, 0) is 4.79 Å². The van der Waals surface area contributed by atoms with Crippen LogP contribution < -0.4 is 10.1 Å². The van der Waals surface area contributed by atoms with Crippen molar-refractivity contribution in [3.8, 4) is 5.88 Å². The summed E-state index contributed by atoms with van der Waals surface area (Å²) in [5, 5.41) is 11.4. The van der Waals surface area contributed by atoms with Crippen LogP contribution in [0.4, 0.5) is 0 Å². The standard InChI is InChI=1S/C17H24N2O4/c20-16(21)8-3-1-2-4-10-19-17(22)13-9-11-18-15(12-13)23-14-6-5-7-14/h9,11-12,14H,1-8,10H2,(H,19,22)(H,20,21). The molecule has 2 rings (SSSR count). The molecule has 0 spiro atoms. The molecule has 1 aliphatic carbocycles. The lowest BCUT2D eigenvalue weighted by Gasteiger charge is -2.25. The SMILES string of the molecule is O=C(O)CCCCCCNC(=O)c1ccnc(OC2CCC2)c1. The topological polar surface area (TPSA) is 88.5 Å². The Kier molecular flexibility index (Phi) is 6.84. The molecule has 0 saturated heterocycles. The van der Waals surface area contributed by atoms with Gasteiger partial charge in [0.15, 0.2) is 0 Å². The number of pyridine rings is 1.